The van der Waals surface area contributed by atoms with Gasteiger partial charge in [-0.3, -0.25) is 0 Å². The molecule has 0 radical (unpaired) electrons. The van der Waals surface area contributed by atoms with Gasteiger partial charge in [0.15, 0.2) is 0 Å². The van der Waals surface area contributed by atoms with Crippen molar-refractivity contribution in [1.29, 1.82) is 0 Å². The normalized spacial score (nSPS) is 0. The van der Waals surface area contributed by atoms with Crippen molar-refractivity contribution in [2.45, 2.75) is 0 Å². The molecular formula is H12B3P. The van der Waals surface area contributed by atoms with Gasteiger partial charge in [0.25, 0.3) is 0 Å². The molecule has 0 N–H and O–H groups in total. The Balaban J connectivity index is 0. The van der Waals surface area contributed by atoms with Gasteiger partial charge in [0.2, 0.25) is 0 Å². The van der Waals surface area contributed by atoms with Crippen molar-refractivity contribution in [3.8, 4) is 0 Å². The van der Waals surface area contributed by atoms with E-state index in [1.54, 1.807) is 0 Å². The van der Waals surface area contributed by atoms with Crippen molar-refractivity contribution >= 4 is 35.1 Å². The van der Waals surface area contributed by atoms with Gasteiger partial charge >= 0.3 is 0 Å². The Morgan fingerprint density at radius 2 is 0.500 bits per heavy atom. The topological polar surface area (TPSA) is 0 Å². The Morgan fingerprint density at radius 1 is 0.500 bits per heavy atom. The van der Waals surface area contributed by atoms with Crippen LogP contribution < -0.4 is 0 Å². The van der Waals surface area contributed by atoms with Crippen molar-refractivity contribution in [1.82, 2.24) is 0 Å². The molecule has 0 amide bonds. The molecule has 0 saturated carbocycles. The number of hydrogen-bond acceptors (Lipinski definition) is 0. The standard InChI is InChI=1S/3BH3.H3P/h4*1H3. The predicted octanol–water partition coefficient (Wildman–Crippen LogP) is -3.49. The lowest BCUT2D eigenvalue weighted by atomic mass is 10.8. The maximum absolute atomic E-state index is 0. The van der Waals surface area contributed by atoms with Gasteiger partial charge in [0, 0.05) is 0 Å². The third-order valence-electron chi connectivity index (χ3n) is 0. The summed E-state index contributed by atoms with van der Waals surface area (Å²) in [6.07, 6.45) is 0. The van der Waals surface area contributed by atoms with Crippen molar-refractivity contribution < 1.29 is 0 Å². The zero-order chi connectivity index (χ0) is 0. The maximum Gasteiger partial charge on any atom is 0.0814 e. The van der Waals surface area contributed by atoms with E-state index in [2.05, 4.69) is 0 Å². The van der Waals surface area contributed by atoms with Crippen LogP contribution in [0, 0.1) is 0 Å². The molecule has 4 heavy (non-hydrogen) atoms. The van der Waals surface area contributed by atoms with Gasteiger partial charge in [-0.2, -0.15) is 9.90 Å². The summed E-state index contributed by atoms with van der Waals surface area (Å²) in [5.41, 5.74) is 0. The van der Waals surface area contributed by atoms with E-state index in [0.29, 0.717) is 0 Å². The van der Waals surface area contributed by atoms with Crippen LogP contribution in [0.15, 0.2) is 0 Å². The van der Waals surface area contributed by atoms with E-state index >= 15 is 0 Å². The molecule has 0 nitrogen and oxygen atoms in total. The highest BCUT2D eigenvalue weighted by molar-refractivity contribution is 6.92. The lowest BCUT2D eigenvalue weighted by Gasteiger charge is -0.153. The van der Waals surface area contributed by atoms with E-state index in [4.69, 9.17) is 0 Å². The highest BCUT2D eigenvalue weighted by Crippen LogP contribution is 0.861. The molecule has 0 aliphatic rings. The first-order valence-corrected chi connectivity index (χ1v) is 0. The molecule has 1 unspecified atom stereocenters. The summed E-state index contributed by atoms with van der Waals surface area (Å²) in [4.78, 5) is 0. The SMILES string of the molecule is B.B.B.P. The minimum absolute atomic E-state index is 0. The molecule has 0 aromatic heterocycles. The minimum atomic E-state index is 0. The molecule has 0 saturated heterocycles. The molecule has 0 aliphatic carbocycles. The second kappa shape index (κ2) is 64.0. The fraction of sp³-hybridized carbons (Fsp3) is 0. The number of hydrogen-bond donors (Lipinski definition) is 0. The summed E-state index contributed by atoms with van der Waals surface area (Å²) < 4.78 is 0. The average molecular weight is 75.5 g/mol. The van der Waals surface area contributed by atoms with E-state index < -0.39 is 0 Å². The molecule has 1 atom stereocenters. The summed E-state index contributed by atoms with van der Waals surface area (Å²) in [6, 6.07) is 0. The largest absolute Gasteiger partial charge is 0.153 e. The minimum Gasteiger partial charge on any atom is -0.153 e. The van der Waals surface area contributed by atoms with E-state index in [-0.39, 0.29) is 35.1 Å². The quantitative estimate of drug-likeness (QED) is 0.207. The third-order valence-corrected chi connectivity index (χ3v) is 0. The zero-order valence-electron chi connectivity index (χ0n) is 0.707. The number of rotatable bonds is 0. The van der Waals surface area contributed by atoms with Gasteiger partial charge in [-0.1, -0.05) is 0 Å². The fourth-order valence-corrected chi connectivity index (χ4v) is 0. The van der Waals surface area contributed by atoms with Gasteiger partial charge in [0.1, 0.15) is 0 Å². The molecule has 0 rings (SSSR count). The van der Waals surface area contributed by atoms with Gasteiger partial charge < -0.3 is 0 Å². The molecule has 0 aromatic rings. The van der Waals surface area contributed by atoms with E-state index in [1.807, 2.05) is 0 Å². The van der Waals surface area contributed by atoms with Crippen LogP contribution in [0.25, 0.3) is 0 Å². The molecule has 0 spiro atoms. The molecule has 0 aliphatic heterocycles. The molecule has 0 fully saturated rings. The van der Waals surface area contributed by atoms with Gasteiger partial charge in [-0.15, -0.1) is 0 Å². The van der Waals surface area contributed by atoms with E-state index in [1.165, 1.54) is 0 Å². The van der Waals surface area contributed by atoms with Gasteiger partial charge in [-0.05, 0) is 0 Å². The van der Waals surface area contributed by atoms with Crippen molar-refractivity contribution in [2.75, 3.05) is 0 Å². The average Bonchev–Trinajstić information content (AvgIpc) is 0. The highest BCUT2D eigenvalue weighted by Gasteiger charge is 0.0834. The lowest BCUT2D eigenvalue weighted by Crippen LogP contribution is -0.382. The first kappa shape index (κ1) is 156. The Morgan fingerprint density at radius 3 is 0.500 bits per heavy atom. The lowest BCUT2D eigenvalue weighted by molar-refractivity contribution is 5.75. The summed E-state index contributed by atoms with van der Waals surface area (Å²) in [5, 5.41) is 0. The molecule has 0 heterocycles. The van der Waals surface area contributed by atoms with Crippen LogP contribution in [0.4, 0.5) is 0 Å². The summed E-state index contributed by atoms with van der Waals surface area (Å²) in [6.45, 7) is 0. The second-order valence-electron chi connectivity index (χ2n) is 0. The van der Waals surface area contributed by atoms with Crippen molar-refractivity contribution in [3.05, 3.63) is 0 Å². The van der Waals surface area contributed by atoms with Crippen molar-refractivity contribution in [3.63, 3.8) is 0 Å². The smallest absolute Gasteiger partial charge is 0.0814 e. The van der Waals surface area contributed by atoms with Crippen LogP contribution in [0.1, 0.15) is 0 Å². The molecular weight excluding hydrogens is 63.4 g/mol. The van der Waals surface area contributed by atoms with E-state index in [9.17, 15) is 0 Å². The van der Waals surface area contributed by atoms with Crippen molar-refractivity contribution in [2.24, 2.45) is 0 Å². The Hall–Kier alpha value is 0.625. The first-order valence-electron chi connectivity index (χ1n) is 0. The van der Waals surface area contributed by atoms with Crippen LogP contribution in [0.5, 0.6) is 0 Å². The Bertz CT molecular complexity index is 3.25. The zero-order valence-corrected chi connectivity index (χ0v) is 2.12. The summed E-state index contributed by atoms with van der Waals surface area (Å²) in [5.74, 6) is 0. The monoisotopic (exact) mass is 76.1 g/mol. The molecule has 0 bridgehead atoms. The third kappa shape index (κ3) is 17.8. The molecule has 26 valence electrons. The summed E-state index contributed by atoms with van der Waals surface area (Å²) in [7, 11) is 0. The summed E-state index contributed by atoms with van der Waals surface area (Å²) >= 11 is 0. The molecule has 0 aromatic carbocycles. The van der Waals surface area contributed by atoms with Crippen LogP contribution in [0.3, 0.4) is 0 Å². The van der Waals surface area contributed by atoms with Gasteiger partial charge in [0.05, 0.1) is 25.2 Å². The van der Waals surface area contributed by atoms with Crippen LogP contribution in [-0.4, -0.2) is 25.2 Å². The maximum atomic E-state index is 0. The van der Waals surface area contributed by atoms with Crippen LogP contribution in [0.2, 0.25) is 0 Å². The highest BCUT2D eigenvalue weighted by atomic mass is 31.0. The first-order chi connectivity index (χ1) is 0. The fourth-order valence-electron chi connectivity index (χ4n) is 0. The van der Waals surface area contributed by atoms with Crippen LogP contribution in [-0.2, 0) is 0 Å². The van der Waals surface area contributed by atoms with E-state index in [0.717, 1.165) is 0 Å². The molecule has 4 heteroatoms. The second-order valence-corrected chi connectivity index (χ2v) is 0. The predicted molar refractivity (Wildman–Crippen MR) is 40.9 cm³/mol. The van der Waals surface area contributed by atoms with Crippen LogP contribution >= 0.6 is 9.90 Å². The van der Waals surface area contributed by atoms with Gasteiger partial charge in [-0.25, -0.2) is 0 Å². The Kier molecular flexibility index (Phi) is 2490. The Labute approximate surface area is 36.1 Å².